The summed E-state index contributed by atoms with van der Waals surface area (Å²) in [5.74, 6) is 2.24. The molecule has 0 aliphatic carbocycles. The normalized spacial score (nSPS) is 13.5. The third-order valence-electron chi connectivity index (χ3n) is 3.12. The molecule has 0 amide bonds. The first-order valence-corrected chi connectivity index (χ1v) is 7.21. The molecule has 0 spiro atoms. The van der Waals surface area contributed by atoms with E-state index in [9.17, 15) is 4.79 Å². The average molecular weight is 274 g/mol. The quantitative estimate of drug-likeness (QED) is 0.933. The molecule has 0 saturated heterocycles. The predicted octanol–water partition coefficient (Wildman–Crippen LogP) is 2.33. The topological polar surface area (TPSA) is 55.0 Å². The third-order valence-corrected chi connectivity index (χ3v) is 4.10. The zero-order valence-electron chi connectivity index (χ0n) is 10.6. The Balaban J connectivity index is 1.98. The molecular weight excluding hydrogens is 260 g/mol. The number of ether oxygens (including phenoxy) is 1. The Morgan fingerprint density at radius 1 is 1.32 bits per heavy atom. The highest BCUT2D eigenvalue weighted by molar-refractivity contribution is 7.98. The molecular formula is C14H14N2O2S. The summed E-state index contributed by atoms with van der Waals surface area (Å²) in [6.45, 7) is 0.588. The Bertz CT molecular complexity index is 649. The molecule has 1 aliphatic rings. The summed E-state index contributed by atoms with van der Waals surface area (Å²) in [6, 6.07) is 7.89. The Labute approximate surface area is 115 Å². The lowest BCUT2D eigenvalue weighted by Gasteiger charge is -2.05. The number of hydrogen-bond donors (Lipinski definition) is 1. The molecule has 1 aliphatic heterocycles. The van der Waals surface area contributed by atoms with Crippen LogP contribution in [0.15, 0.2) is 29.1 Å². The molecule has 98 valence electrons. The number of rotatable bonds is 3. The van der Waals surface area contributed by atoms with E-state index in [0.29, 0.717) is 12.4 Å². The van der Waals surface area contributed by atoms with Crippen molar-refractivity contribution in [2.45, 2.75) is 18.1 Å². The van der Waals surface area contributed by atoms with Gasteiger partial charge in [0.2, 0.25) is 0 Å². The Morgan fingerprint density at radius 3 is 2.84 bits per heavy atom. The second kappa shape index (κ2) is 5.19. The third kappa shape index (κ3) is 2.43. The molecule has 1 aromatic carbocycles. The summed E-state index contributed by atoms with van der Waals surface area (Å²) in [7, 11) is 1.67. The van der Waals surface area contributed by atoms with Crippen LogP contribution in [0.3, 0.4) is 0 Å². The molecule has 1 aromatic heterocycles. The highest BCUT2D eigenvalue weighted by Gasteiger charge is 2.17. The van der Waals surface area contributed by atoms with Crippen LogP contribution in [0.5, 0.6) is 0 Å². The van der Waals surface area contributed by atoms with Crippen molar-refractivity contribution >= 4 is 11.8 Å². The van der Waals surface area contributed by atoms with Gasteiger partial charge in [-0.05, 0) is 5.56 Å². The van der Waals surface area contributed by atoms with Crippen molar-refractivity contribution in [1.29, 1.82) is 0 Å². The summed E-state index contributed by atoms with van der Waals surface area (Å²) < 4.78 is 5.08. The average Bonchev–Trinajstić information content (AvgIpc) is 2.89. The fourth-order valence-electron chi connectivity index (χ4n) is 2.12. The summed E-state index contributed by atoms with van der Waals surface area (Å²) in [4.78, 5) is 19.4. The summed E-state index contributed by atoms with van der Waals surface area (Å²) in [5, 5.41) is 0. The highest BCUT2D eigenvalue weighted by Crippen LogP contribution is 2.27. The van der Waals surface area contributed by atoms with Gasteiger partial charge in [-0.3, -0.25) is 4.79 Å². The smallest absolute Gasteiger partial charge is 0.255 e. The molecule has 2 heterocycles. The first-order chi connectivity index (χ1) is 9.28. The van der Waals surface area contributed by atoms with Crippen molar-refractivity contribution < 1.29 is 4.74 Å². The largest absolute Gasteiger partial charge is 0.380 e. The van der Waals surface area contributed by atoms with E-state index in [-0.39, 0.29) is 5.56 Å². The van der Waals surface area contributed by atoms with Crippen LogP contribution in [0.4, 0.5) is 0 Å². The lowest BCUT2D eigenvalue weighted by atomic mass is 10.1. The first-order valence-electron chi connectivity index (χ1n) is 6.06. The van der Waals surface area contributed by atoms with Gasteiger partial charge in [-0.25, -0.2) is 4.98 Å². The summed E-state index contributed by atoms with van der Waals surface area (Å²) in [5.41, 5.74) is 3.77. The van der Waals surface area contributed by atoms with Crippen molar-refractivity contribution in [2.24, 2.45) is 0 Å². The number of benzene rings is 1. The van der Waals surface area contributed by atoms with Gasteiger partial charge in [0.25, 0.3) is 5.56 Å². The maximum absolute atomic E-state index is 11.9. The first kappa shape index (κ1) is 12.4. The van der Waals surface area contributed by atoms with Crippen LogP contribution >= 0.6 is 11.8 Å². The molecule has 3 rings (SSSR count). The molecule has 0 bridgehead atoms. The molecule has 0 atom stereocenters. The maximum atomic E-state index is 11.9. The summed E-state index contributed by atoms with van der Waals surface area (Å²) in [6.07, 6.45) is 0. The number of thioether (sulfide) groups is 1. The molecule has 0 radical (unpaired) electrons. The minimum absolute atomic E-state index is 0.00836. The van der Waals surface area contributed by atoms with E-state index in [2.05, 4.69) is 9.97 Å². The second-order valence-corrected chi connectivity index (χ2v) is 5.45. The summed E-state index contributed by atoms with van der Waals surface area (Å²) >= 11 is 1.73. The number of nitrogens with zero attached hydrogens (tertiary/aromatic N) is 1. The van der Waals surface area contributed by atoms with E-state index in [1.807, 2.05) is 24.3 Å². The number of aromatic amines is 1. The van der Waals surface area contributed by atoms with Crippen molar-refractivity contribution in [2.75, 3.05) is 7.11 Å². The number of nitrogens with one attached hydrogen (secondary N) is 1. The molecule has 0 saturated carbocycles. The van der Waals surface area contributed by atoms with Gasteiger partial charge in [0.1, 0.15) is 5.82 Å². The van der Waals surface area contributed by atoms with Gasteiger partial charge in [-0.1, -0.05) is 24.3 Å². The van der Waals surface area contributed by atoms with Gasteiger partial charge in [-0.15, -0.1) is 0 Å². The lowest BCUT2D eigenvalue weighted by Crippen LogP contribution is -2.15. The van der Waals surface area contributed by atoms with Crippen LogP contribution in [0.2, 0.25) is 0 Å². The molecule has 4 nitrogen and oxygen atoms in total. The van der Waals surface area contributed by atoms with E-state index in [1.54, 1.807) is 18.9 Å². The van der Waals surface area contributed by atoms with E-state index < -0.39 is 0 Å². The fourth-order valence-corrected chi connectivity index (χ4v) is 3.16. The fraction of sp³-hybridized carbons (Fsp3) is 0.286. The van der Waals surface area contributed by atoms with Crippen molar-refractivity contribution in [3.05, 3.63) is 51.4 Å². The number of hydrogen-bond acceptors (Lipinski definition) is 4. The van der Waals surface area contributed by atoms with Crippen molar-refractivity contribution in [1.82, 2.24) is 9.97 Å². The molecule has 19 heavy (non-hydrogen) atoms. The zero-order chi connectivity index (χ0) is 13.2. The molecule has 2 aromatic rings. The van der Waals surface area contributed by atoms with Gasteiger partial charge in [-0.2, -0.15) is 11.8 Å². The zero-order valence-corrected chi connectivity index (χ0v) is 11.4. The van der Waals surface area contributed by atoms with Gasteiger partial charge < -0.3 is 9.72 Å². The monoisotopic (exact) mass is 274 g/mol. The predicted molar refractivity (Wildman–Crippen MR) is 76.0 cm³/mol. The van der Waals surface area contributed by atoms with E-state index in [4.69, 9.17) is 4.74 Å². The minimum atomic E-state index is -0.00836. The minimum Gasteiger partial charge on any atom is -0.380 e. The van der Waals surface area contributed by atoms with E-state index in [0.717, 1.165) is 33.9 Å². The maximum Gasteiger partial charge on any atom is 0.255 e. The standard InChI is InChI=1S/C14H14N2O2S/c1-18-6-9-2-4-10(5-3-9)13-15-12-8-19-7-11(12)14(17)16-13/h2-5H,6-8H2,1H3,(H,15,16,17). The number of methoxy groups -OCH3 is 1. The van der Waals surface area contributed by atoms with E-state index >= 15 is 0 Å². The Morgan fingerprint density at radius 2 is 2.11 bits per heavy atom. The highest BCUT2D eigenvalue weighted by atomic mass is 32.2. The molecule has 5 heteroatoms. The second-order valence-electron chi connectivity index (χ2n) is 4.46. The van der Waals surface area contributed by atoms with Gasteiger partial charge in [0, 0.05) is 29.7 Å². The number of H-pyrrole nitrogens is 1. The number of aromatic nitrogens is 2. The van der Waals surface area contributed by atoms with Crippen LogP contribution in [0, 0.1) is 0 Å². The van der Waals surface area contributed by atoms with Crippen LogP contribution in [-0.2, 0) is 22.8 Å². The SMILES string of the molecule is COCc1ccc(-c2nc3c(c(=O)[nH]2)CSC3)cc1. The van der Waals surface area contributed by atoms with Gasteiger partial charge in [0.05, 0.1) is 12.3 Å². The van der Waals surface area contributed by atoms with Crippen LogP contribution in [0.25, 0.3) is 11.4 Å². The Kier molecular flexibility index (Phi) is 3.40. The van der Waals surface area contributed by atoms with E-state index in [1.165, 1.54) is 0 Å². The van der Waals surface area contributed by atoms with Gasteiger partial charge >= 0.3 is 0 Å². The molecule has 0 fully saturated rings. The van der Waals surface area contributed by atoms with Gasteiger partial charge in [0.15, 0.2) is 0 Å². The Hall–Kier alpha value is -1.59. The lowest BCUT2D eigenvalue weighted by molar-refractivity contribution is 0.185. The van der Waals surface area contributed by atoms with Crippen molar-refractivity contribution in [3.8, 4) is 11.4 Å². The van der Waals surface area contributed by atoms with Crippen molar-refractivity contribution in [3.63, 3.8) is 0 Å². The molecule has 0 unspecified atom stereocenters. The molecule has 1 N–H and O–H groups in total. The van der Waals surface area contributed by atoms with Crippen LogP contribution in [-0.4, -0.2) is 17.1 Å². The van der Waals surface area contributed by atoms with Crippen LogP contribution < -0.4 is 5.56 Å². The van der Waals surface area contributed by atoms with Crippen LogP contribution in [0.1, 0.15) is 16.8 Å². The number of fused-ring (bicyclic) bond motifs is 1.